The Hall–Kier alpha value is -4.01. The summed E-state index contributed by atoms with van der Waals surface area (Å²) in [5.74, 6) is 0. The second kappa shape index (κ2) is 9.20. The van der Waals surface area contributed by atoms with E-state index in [0.717, 1.165) is 15.6 Å². The average Bonchev–Trinajstić information content (AvgIpc) is 2.86. The van der Waals surface area contributed by atoms with Crippen LogP contribution in [-0.2, 0) is 4.53 Å². The summed E-state index contributed by atoms with van der Waals surface area (Å²) in [5, 5.41) is 17.3. The SMILES string of the molecule is C/C(=N\O[Si](c1ccccc1)(c1ccccc1)c1ccccc1)c1ncccc1C#N. The minimum atomic E-state index is -2.95. The zero-order chi connectivity index (χ0) is 21.5. The highest BCUT2D eigenvalue weighted by molar-refractivity contribution is 7.07. The van der Waals surface area contributed by atoms with Gasteiger partial charge in [-0.3, -0.25) is 4.98 Å². The van der Waals surface area contributed by atoms with Gasteiger partial charge in [-0.05, 0) is 34.6 Å². The van der Waals surface area contributed by atoms with E-state index in [-0.39, 0.29) is 0 Å². The Morgan fingerprint density at radius 1 is 0.774 bits per heavy atom. The monoisotopic (exact) mass is 419 g/mol. The van der Waals surface area contributed by atoms with E-state index >= 15 is 0 Å². The minimum absolute atomic E-state index is 0.471. The van der Waals surface area contributed by atoms with Crippen LogP contribution in [0, 0.1) is 11.3 Å². The lowest BCUT2D eigenvalue weighted by Gasteiger charge is -2.30. The third-order valence-electron chi connectivity index (χ3n) is 5.13. The molecule has 5 heteroatoms. The first-order valence-corrected chi connectivity index (χ1v) is 11.9. The van der Waals surface area contributed by atoms with Crippen LogP contribution in [0.2, 0.25) is 0 Å². The smallest absolute Gasteiger partial charge is 0.380 e. The van der Waals surface area contributed by atoms with Gasteiger partial charge in [0.15, 0.2) is 0 Å². The van der Waals surface area contributed by atoms with E-state index in [4.69, 9.17) is 4.53 Å². The van der Waals surface area contributed by atoms with Gasteiger partial charge in [-0.2, -0.15) is 5.26 Å². The van der Waals surface area contributed by atoms with Crippen molar-refractivity contribution in [2.24, 2.45) is 5.16 Å². The second-order valence-electron chi connectivity index (χ2n) is 7.06. The van der Waals surface area contributed by atoms with E-state index in [0.29, 0.717) is 17.0 Å². The molecule has 0 amide bonds. The molecule has 0 N–H and O–H groups in total. The minimum Gasteiger partial charge on any atom is -0.438 e. The van der Waals surface area contributed by atoms with E-state index < -0.39 is 8.32 Å². The normalized spacial score (nSPS) is 11.5. The molecule has 4 rings (SSSR count). The highest BCUT2D eigenvalue weighted by atomic mass is 28.4. The van der Waals surface area contributed by atoms with Gasteiger partial charge in [0.1, 0.15) is 17.5 Å². The summed E-state index contributed by atoms with van der Waals surface area (Å²) in [5.41, 5.74) is 1.57. The average molecular weight is 420 g/mol. The molecule has 0 aliphatic carbocycles. The molecule has 0 fully saturated rings. The van der Waals surface area contributed by atoms with Gasteiger partial charge in [-0.1, -0.05) is 91.0 Å². The van der Waals surface area contributed by atoms with Crippen LogP contribution in [0.3, 0.4) is 0 Å². The number of aromatic nitrogens is 1. The fraction of sp³-hybridized carbons (Fsp3) is 0.0385. The van der Waals surface area contributed by atoms with Crippen LogP contribution in [0.4, 0.5) is 0 Å². The standard InChI is InChI=1S/C26H21N3OSi/c1-21(26-22(20-27)12-11-19-28-26)29-30-31(23-13-5-2-6-14-23,24-15-7-3-8-16-24)25-17-9-4-10-18-25/h2-19H,1H3/b29-21+. The second-order valence-corrected chi connectivity index (χ2v) is 10.3. The van der Waals surface area contributed by atoms with Crippen molar-refractivity contribution in [3.8, 4) is 6.07 Å². The third kappa shape index (κ3) is 4.02. The topological polar surface area (TPSA) is 58.3 Å². The molecule has 0 unspecified atom stereocenters. The molecule has 0 atom stereocenters. The van der Waals surface area contributed by atoms with Gasteiger partial charge in [-0.25, -0.2) is 0 Å². The van der Waals surface area contributed by atoms with Crippen LogP contribution in [0.5, 0.6) is 0 Å². The molecule has 0 saturated heterocycles. The summed E-state index contributed by atoms with van der Waals surface area (Å²) < 4.78 is 6.58. The Labute approximate surface area is 183 Å². The van der Waals surface area contributed by atoms with Crippen LogP contribution < -0.4 is 15.6 Å². The maximum absolute atomic E-state index is 9.45. The lowest BCUT2D eigenvalue weighted by atomic mass is 10.1. The van der Waals surface area contributed by atoms with Crippen molar-refractivity contribution in [3.05, 3.63) is 121 Å². The van der Waals surface area contributed by atoms with E-state index in [2.05, 4.69) is 52.6 Å². The predicted octanol–water partition coefficient (Wildman–Crippen LogP) is 3.36. The molecule has 4 aromatic rings. The third-order valence-corrected chi connectivity index (χ3v) is 8.94. The van der Waals surface area contributed by atoms with Crippen LogP contribution in [0.25, 0.3) is 0 Å². The highest BCUT2D eigenvalue weighted by Gasteiger charge is 2.45. The Morgan fingerprint density at radius 2 is 1.26 bits per heavy atom. The number of benzene rings is 3. The van der Waals surface area contributed by atoms with Crippen molar-refractivity contribution in [2.45, 2.75) is 6.92 Å². The van der Waals surface area contributed by atoms with E-state index in [9.17, 15) is 5.26 Å². The molecule has 150 valence electrons. The number of pyridine rings is 1. The van der Waals surface area contributed by atoms with Crippen molar-refractivity contribution in [3.63, 3.8) is 0 Å². The first kappa shape index (κ1) is 20.3. The van der Waals surface area contributed by atoms with E-state index in [1.165, 1.54) is 0 Å². The number of hydrogen-bond acceptors (Lipinski definition) is 4. The Balaban J connectivity index is 1.92. The Morgan fingerprint density at radius 3 is 1.71 bits per heavy atom. The Bertz CT molecular complexity index is 1120. The van der Waals surface area contributed by atoms with Gasteiger partial charge < -0.3 is 4.53 Å². The fourth-order valence-corrected chi connectivity index (χ4v) is 7.22. The number of hydrogen-bond donors (Lipinski definition) is 0. The summed E-state index contributed by atoms with van der Waals surface area (Å²) >= 11 is 0. The van der Waals surface area contributed by atoms with Crippen molar-refractivity contribution in [1.82, 2.24) is 4.98 Å². The summed E-state index contributed by atoms with van der Waals surface area (Å²) in [6.45, 7) is 1.82. The molecule has 0 saturated carbocycles. The molecule has 0 radical (unpaired) electrons. The Kier molecular flexibility index (Phi) is 6.02. The first-order chi connectivity index (χ1) is 15.3. The number of nitrogens with zero attached hydrogens (tertiary/aromatic N) is 3. The van der Waals surface area contributed by atoms with Crippen LogP contribution in [0.1, 0.15) is 18.2 Å². The summed E-state index contributed by atoms with van der Waals surface area (Å²) in [4.78, 5) is 4.35. The molecule has 0 aliphatic heterocycles. The van der Waals surface area contributed by atoms with Crippen molar-refractivity contribution < 1.29 is 4.53 Å². The maximum atomic E-state index is 9.45. The van der Waals surface area contributed by atoms with E-state index in [1.807, 2.05) is 61.5 Å². The molecule has 0 bridgehead atoms. The van der Waals surface area contributed by atoms with Crippen LogP contribution in [-0.4, -0.2) is 19.0 Å². The van der Waals surface area contributed by atoms with Crippen molar-refractivity contribution in [1.29, 1.82) is 5.26 Å². The fourth-order valence-electron chi connectivity index (χ4n) is 3.64. The lowest BCUT2D eigenvalue weighted by molar-refractivity contribution is 0.348. The van der Waals surface area contributed by atoms with E-state index in [1.54, 1.807) is 18.3 Å². The lowest BCUT2D eigenvalue weighted by Crippen LogP contribution is -2.68. The first-order valence-electron chi connectivity index (χ1n) is 10.0. The van der Waals surface area contributed by atoms with Gasteiger partial charge >= 0.3 is 8.32 Å². The van der Waals surface area contributed by atoms with Gasteiger partial charge in [0.25, 0.3) is 0 Å². The van der Waals surface area contributed by atoms with Gasteiger partial charge in [0.2, 0.25) is 0 Å². The number of rotatable bonds is 6. The van der Waals surface area contributed by atoms with Gasteiger partial charge in [-0.15, -0.1) is 5.16 Å². The van der Waals surface area contributed by atoms with Crippen molar-refractivity contribution in [2.75, 3.05) is 0 Å². The number of oxime groups is 1. The number of nitriles is 1. The molecule has 31 heavy (non-hydrogen) atoms. The summed E-state index contributed by atoms with van der Waals surface area (Å²) in [7, 11) is -2.95. The zero-order valence-electron chi connectivity index (χ0n) is 17.1. The summed E-state index contributed by atoms with van der Waals surface area (Å²) in [6.07, 6.45) is 1.66. The molecule has 3 aromatic carbocycles. The molecule has 4 nitrogen and oxygen atoms in total. The van der Waals surface area contributed by atoms with Crippen molar-refractivity contribution >= 4 is 29.6 Å². The predicted molar refractivity (Wildman–Crippen MR) is 126 cm³/mol. The van der Waals surface area contributed by atoms with Gasteiger partial charge in [0.05, 0.1) is 5.56 Å². The van der Waals surface area contributed by atoms with Crippen LogP contribution in [0.15, 0.2) is 114 Å². The molecular formula is C26H21N3OSi. The molecule has 1 heterocycles. The summed E-state index contributed by atoms with van der Waals surface area (Å²) in [6, 6.07) is 36.4. The zero-order valence-corrected chi connectivity index (χ0v) is 18.1. The van der Waals surface area contributed by atoms with Gasteiger partial charge in [0, 0.05) is 6.20 Å². The van der Waals surface area contributed by atoms with Crippen LogP contribution >= 0.6 is 0 Å². The molecule has 0 spiro atoms. The quantitative estimate of drug-likeness (QED) is 0.208. The largest absolute Gasteiger partial charge is 0.438 e. The highest BCUT2D eigenvalue weighted by Crippen LogP contribution is 2.12. The molecular weight excluding hydrogens is 398 g/mol. The maximum Gasteiger partial charge on any atom is 0.380 e. The molecule has 0 aliphatic rings. The molecule has 1 aromatic heterocycles.